The summed E-state index contributed by atoms with van der Waals surface area (Å²) in [6, 6.07) is -1.81. The highest BCUT2D eigenvalue weighted by molar-refractivity contribution is 5.88. The fraction of sp³-hybridized carbons (Fsp3) is 0.815. The average molecular weight is 519 g/mol. The van der Waals surface area contributed by atoms with Crippen LogP contribution in [0.4, 0.5) is 4.79 Å². The van der Waals surface area contributed by atoms with E-state index in [4.69, 9.17) is 4.74 Å². The van der Waals surface area contributed by atoms with E-state index in [1.54, 1.807) is 0 Å². The second-order valence-corrected chi connectivity index (χ2v) is 11.9. The van der Waals surface area contributed by atoms with Crippen LogP contribution in [0.5, 0.6) is 0 Å². The Morgan fingerprint density at radius 1 is 1.14 bits per heavy atom. The molecule has 4 aliphatic rings. The molecule has 2 aliphatic carbocycles. The van der Waals surface area contributed by atoms with Crippen molar-refractivity contribution < 1.29 is 28.7 Å². The summed E-state index contributed by atoms with van der Waals surface area (Å²) in [5, 5.41) is 8.06. The highest BCUT2D eigenvalue weighted by atomic mass is 16.5. The summed E-state index contributed by atoms with van der Waals surface area (Å²) in [6.07, 6.45) is 7.35. The predicted molar refractivity (Wildman–Crippen MR) is 135 cm³/mol. The van der Waals surface area contributed by atoms with Crippen molar-refractivity contribution in [3.05, 3.63) is 0 Å². The lowest BCUT2D eigenvalue weighted by Gasteiger charge is -2.31. The summed E-state index contributed by atoms with van der Waals surface area (Å²) < 4.78 is 5.50. The van der Waals surface area contributed by atoms with Gasteiger partial charge in [0.05, 0.1) is 12.1 Å². The van der Waals surface area contributed by atoms with E-state index in [1.807, 2.05) is 18.7 Å². The number of nitrogens with one attached hydrogen (secondary N) is 3. The smallest absolute Gasteiger partial charge is 0.407 e. The Bertz CT molecular complexity index is 879. The third-order valence-electron chi connectivity index (χ3n) is 8.68. The summed E-state index contributed by atoms with van der Waals surface area (Å²) in [5.74, 6) is 1.42. The molecular weight excluding hydrogens is 476 g/mol. The Hall–Kier alpha value is -2.65. The van der Waals surface area contributed by atoms with Gasteiger partial charge in [0.1, 0.15) is 18.9 Å². The van der Waals surface area contributed by atoms with Crippen LogP contribution in [0.15, 0.2) is 0 Å². The van der Waals surface area contributed by atoms with Crippen LogP contribution in [-0.4, -0.2) is 72.8 Å². The van der Waals surface area contributed by atoms with E-state index in [0.717, 1.165) is 18.4 Å². The van der Waals surface area contributed by atoms with E-state index in [-0.39, 0.29) is 42.7 Å². The van der Waals surface area contributed by atoms with Crippen LogP contribution in [0, 0.1) is 29.6 Å². The fourth-order valence-corrected chi connectivity index (χ4v) is 6.74. The lowest BCUT2D eigenvalue weighted by molar-refractivity contribution is -0.130. The Morgan fingerprint density at radius 2 is 1.95 bits per heavy atom. The Kier molecular flexibility index (Phi) is 9.08. The van der Waals surface area contributed by atoms with Gasteiger partial charge in [-0.05, 0) is 68.6 Å². The number of likely N-dealkylation sites (tertiary alicyclic amines) is 1. The minimum Gasteiger partial charge on any atom is -0.447 e. The minimum absolute atomic E-state index is 0.0994. The molecule has 0 spiro atoms. The standard InChI is InChI=1S/C27H42N4O6/c1-16(2)9-23(26(35)29-21(14-32)12-19-7-8-28-25(19)34)30-27(36)37-15-22-5-6-24(33)31(22)13-20-11-17-3-4-18(20)10-17/h14,16-23H,3-13,15H2,1-2H3,(H,28,34)(H,29,35)(H,30,36)/t17-,18+,19+,20-,21+,22+,23+/m1/s1. The summed E-state index contributed by atoms with van der Waals surface area (Å²) in [4.78, 5) is 63.5. The molecule has 0 unspecified atom stereocenters. The number of amides is 4. The maximum absolute atomic E-state index is 13.0. The number of fused-ring (bicyclic) bond motifs is 2. The number of carbonyl (C=O) groups excluding carboxylic acids is 5. The van der Waals surface area contributed by atoms with Gasteiger partial charge in [0.15, 0.2) is 0 Å². The molecule has 0 aromatic heterocycles. The van der Waals surface area contributed by atoms with Crippen LogP contribution >= 0.6 is 0 Å². The molecular formula is C27H42N4O6. The molecule has 7 atom stereocenters. The first-order chi connectivity index (χ1) is 17.7. The van der Waals surface area contributed by atoms with E-state index in [2.05, 4.69) is 16.0 Å². The van der Waals surface area contributed by atoms with E-state index < -0.39 is 24.1 Å². The first kappa shape index (κ1) is 27.4. The van der Waals surface area contributed by atoms with Crippen LogP contribution in [-0.2, 0) is 23.9 Å². The van der Waals surface area contributed by atoms with Crippen molar-refractivity contribution in [1.82, 2.24) is 20.9 Å². The van der Waals surface area contributed by atoms with Crippen molar-refractivity contribution in [1.29, 1.82) is 0 Å². The van der Waals surface area contributed by atoms with Crippen LogP contribution in [0.1, 0.15) is 71.6 Å². The topological polar surface area (TPSA) is 134 Å². The lowest BCUT2D eigenvalue weighted by Crippen LogP contribution is -2.51. The number of hydrogen-bond acceptors (Lipinski definition) is 6. The molecule has 2 aliphatic heterocycles. The van der Waals surface area contributed by atoms with Crippen LogP contribution < -0.4 is 16.0 Å². The van der Waals surface area contributed by atoms with E-state index in [1.165, 1.54) is 25.7 Å². The second-order valence-electron chi connectivity index (χ2n) is 11.9. The van der Waals surface area contributed by atoms with Crippen LogP contribution in [0.3, 0.4) is 0 Å². The molecule has 2 heterocycles. The van der Waals surface area contributed by atoms with Gasteiger partial charge in [0, 0.05) is 25.4 Å². The molecule has 0 aromatic rings. The van der Waals surface area contributed by atoms with Crippen LogP contribution in [0.2, 0.25) is 0 Å². The monoisotopic (exact) mass is 518 g/mol. The summed E-state index contributed by atoms with van der Waals surface area (Å²) >= 11 is 0. The van der Waals surface area contributed by atoms with Crippen molar-refractivity contribution in [2.45, 2.75) is 89.8 Å². The van der Waals surface area contributed by atoms with Gasteiger partial charge in [-0.25, -0.2) is 4.79 Å². The summed E-state index contributed by atoms with van der Waals surface area (Å²) in [5.41, 5.74) is 0. The van der Waals surface area contributed by atoms with Gasteiger partial charge in [-0.1, -0.05) is 20.3 Å². The number of carbonyl (C=O) groups is 5. The predicted octanol–water partition coefficient (Wildman–Crippen LogP) is 1.76. The third-order valence-corrected chi connectivity index (χ3v) is 8.68. The van der Waals surface area contributed by atoms with Crippen LogP contribution in [0.25, 0.3) is 0 Å². The second kappa shape index (κ2) is 12.3. The Balaban J connectivity index is 1.27. The number of hydrogen-bond donors (Lipinski definition) is 3. The highest BCUT2D eigenvalue weighted by Gasteiger charge is 2.43. The van der Waals surface area contributed by atoms with Gasteiger partial charge in [-0.2, -0.15) is 0 Å². The zero-order valence-electron chi connectivity index (χ0n) is 22.1. The van der Waals surface area contributed by atoms with Gasteiger partial charge < -0.3 is 30.4 Å². The first-order valence-corrected chi connectivity index (χ1v) is 14.0. The van der Waals surface area contributed by atoms with Crippen molar-refractivity contribution in [2.24, 2.45) is 29.6 Å². The van der Waals surface area contributed by atoms with E-state index >= 15 is 0 Å². The molecule has 37 heavy (non-hydrogen) atoms. The number of alkyl carbamates (subject to hydrolysis) is 1. The zero-order valence-corrected chi connectivity index (χ0v) is 22.1. The molecule has 0 radical (unpaired) electrons. The van der Waals surface area contributed by atoms with Crippen molar-refractivity contribution in [2.75, 3.05) is 19.7 Å². The highest BCUT2D eigenvalue weighted by Crippen LogP contribution is 2.48. The average Bonchev–Trinajstić information content (AvgIpc) is 3.64. The molecule has 4 rings (SSSR count). The quantitative estimate of drug-likeness (QED) is 0.337. The Labute approximate surface area is 219 Å². The summed E-state index contributed by atoms with van der Waals surface area (Å²) in [7, 11) is 0. The normalized spacial score (nSPS) is 30.4. The fourth-order valence-electron chi connectivity index (χ4n) is 6.74. The van der Waals surface area contributed by atoms with Gasteiger partial charge in [-0.3, -0.25) is 14.4 Å². The van der Waals surface area contributed by atoms with Crippen molar-refractivity contribution >= 4 is 30.1 Å². The SMILES string of the molecule is CC(C)C[C@H](NC(=O)OC[C@@H]1CCC(=O)N1C[C@H]1C[C@@H]2CC[C@H]1C2)C(=O)N[C@H](C=O)C[C@@H]1CCNC1=O. The van der Waals surface area contributed by atoms with Gasteiger partial charge in [0.2, 0.25) is 17.7 Å². The van der Waals surface area contributed by atoms with Gasteiger partial charge in [0.25, 0.3) is 0 Å². The molecule has 10 heteroatoms. The maximum Gasteiger partial charge on any atom is 0.407 e. The minimum atomic E-state index is -0.872. The lowest BCUT2D eigenvalue weighted by atomic mass is 9.88. The molecule has 4 amide bonds. The van der Waals surface area contributed by atoms with Crippen molar-refractivity contribution in [3.8, 4) is 0 Å². The number of ether oxygens (including phenoxy) is 1. The zero-order chi connectivity index (χ0) is 26.5. The number of nitrogens with zero attached hydrogens (tertiary/aromatic N) is 1. The molecule has 3 N–H and O–H groups in total. The summed E-state index contributed by atoms with van der Waals surface area (Å²) in [6.45, 7) is 5.29. The molecule has 2 bridgehead atoms. The molecule has 0 aromatic carbocycles. The maximum atomic E-state index is 13.0. The van der Waals surface area contributed by atoms with Gasteiger partial charge >= 0.3 is 6.09 Å². The van der Waals surface area contributed by atoms with Crippen molar-refractivity contribution in [3.63, 3.8) is 0 Å². The first-order valence-electron chi connectivity index (χ1n) is 14.0. The molecule has 2 saturated heterocycles. The number of aldehydes is 1. The van der Waals surface area contributed by atoms with E-state index in [9.17, 15) is 24.0 Å². The molecule has 2 saturated carbocycles. The largest absolute Gasteiger partial charge is 0.447 e. The molecule has 4 fully saturated rings. The number of rotatable bonds is 12. The molecule has 206 valence electrons. The van der Waals surface area contributed by atoms with Gasteiger partial charge in [-0.15, -0.1) is 0 Å². The van der Waals surface area contributed by atoms with E-state index in [0.29, 0.717) is 44.4 Å². The molecule has 10 nitrogen and oxygen atoms in total. The third kappa shape index (κ3) is 7.02. The Morgan fingerprint density at radius 3 is 2.57 bits per heavy atom.